The zero-order valence-corrected chi connectivity index (χ0v) is 13.1. The van der Waals surface area contributed by atoms with E-state index in [0.29, 0.717) is 0 Å². The van der Waals surface area contributed by atoms with Crippen molar-refractivity contribution < 1.29 is 8.42 Å². The van der Waals surface area contributed by atoms with Crippen molar-refractivity contribution in [3.8, 4) is 10.4 Å². The van der Waals surface area contributed by atoms with Crippen molar-refractivity contribution in [2.75, 3.05) is 5.32 Å². The van der Waals surface area contributed by atoms with E-state index in [-0.39, 0.29) is 4.90 Å². The second-order valence-electron chi connectivity index (χ2n) is 4.59. The summed E-state index contributed by atoms with van der Waals surface area (Å²) in [5.41, 5.74) is 1.86. The average molecular weight is 331 g/mol. The first kappa shape index (κ1) is 14.7. The predicted octanol–water partition coefficient (Wildman–Crippen LogP) is 3.20. The molecule has 0 saturated carbocycles. The van der Waals surface area contributed by atoms with Crippen LogP contribution in [0.3, 0.4) is 0 Å². The van der Waals surface area contributed by atoms with E-state index in [0.717, 1.165) is 21.3 Å². The Balaban J connectivity index is 1.78. The van der Waals surface area contributed by atoms with Gasteiger partial charge in [0.1, 0.15) is 0 Å². The van der Waals surface area contributed by atoms with Crippen LogP contribution in [0.25, 0.3) is 10.4 Å². The first-order valence-electron chi connectivity index (χ1n) is 6.43. The minimum atomic E-state index is -3.67. The molecule has 1 aromatic heterocycles. The highest BCUT2D eigenvalue weighted by Crippen LogP contribution is 2.30. The molecule has 0 aliphatic heterocycles. The molecular weight excluding hydrogens is 318 g/mol. The number of anilines is 2. The van der Waals surface area contributed by atoms with Crippen molar-refractivity contribution in [1.82, 2.24) is 4.98 Å². The van der Waals surface area contributed by atoms with Crippen LogP contribution < -0.4 is 10.5 Å². The molecule has 3 rings (SSSR count). The van der Waals surface area contributed by atoms with E-state index in [1.54, 1.807) is 18.3 Å². The third-order valence-electron chi connectivity index (χ3n) is 3.00. The van der Waals surface area contributed by atoms with Crippen molar-refractivity contribution in [1.29, 1.82) is 0 Å². The lowest BCUT2D eigenvalue weighted by Gasteiger charge is -2.03. The van der Waals surface area contributed by atoms with E-state index >= 15 is 0 Å². The number of sulfonamides is 1. The molecule has 3 N–H and O–H groups in total. The van der Waals surface area contributed by atoms with Gasteiger partial charge in [0.2, 0.25) is 10.0 Å². The van der Waals surface area contributed by atoms with Crippen LogP contribution in [0.5, 0.6) is 0 Å². The summed E-state index contributed by atoms with van der Waals surface area (Å²) in [5, 5.41) is 8.95. The summed E-state index contributed by atoms with van der Waals surface area (Å²) >= 11 is 1.53. The summed E-state index contributed by atoms with van der Waals surface area (Å²) in [6.07, 6.45) is 1.81. The highest BCUT2D eigenvalue weighted by molar-refractivity contribution is 7.89. The molecule has 0 spiro atoms. The normalized spacial score (nSPS) is 11.3. The van der Waals surface area contributed by atoms with Crippen LogP contribution in [0.15, 0.2) is 65.7 Å². The molecular formula is C15H13N3O2S2. The van der Waals surface area contributed by atoms with Gasteiger partial charge in [0.15, 0.2) is 5.13 Å². The Hall–Kier alpha value is -2.22. The van der Waals surface area contributed by atoms with Crippen molar-refractivity contribution in [3.05, 3.63) is 60.8 Å². The van der Waals surface area contributed by atoms with Crippen LogP contribution in [-0.4, -0.2) is 13.4 Å². The van der Waals surface area contributed by atoms with Gasteiger partial charge in [0.05, 0.1) is 9.77 Å². The van der Waals surface area contributed by atoms with Crippen LogP contribution in [0.4, 0.5) is 10.8 Å². The molecule has 112 valence electrons. The van der Waals surface area contributed by atoms with Crippen LogP contribution in [0.1, 0.15) is 0 Å². The number of nitrogens with two attached hydrogens (primary N) is 1. The molecule has 22 heavy (non-hydrogen) atoms. The maximum absolute atomic E-state index is 11.2. The number of thiazole rings is 1. The summed E-state index contributed by atoms with van der Waals surface area (Å²) in [5.74, 6) is 0. The quantitative estimate of drug-likeness (QED) is 0.769. The Labute approximate surface area is 132 Å². The second-order valence-corrected chi connectivity index (χ2v) is 7.18. The molecule has 0 amide bonds. The van der Waals surface area contributed by atoms with Crippen LogP contribution in [-0.2, 0) is 10.0 Å². The summed E-state index contributed by atoms with van der Waals surface area (Å²) in [6.45, 7) is 0. The highest BCUT2D eigenvalue weighted by atomic mass is 32.2. The summed E-state index contributed by atoms with van der Waals surface area (Å²) in [4.78, 5) is 5.47. The smallest absolute Gasteiger partial charge is 0.238 e. The number of nitrogens with one attached hydrogen (secondary N) is 1. The van der Waals surface area contributed by atoms with Gasteiger partial charge in [-0.25, -0.2) is 18.5 Å². The molecule has 0 bridgehead atoms. The summed E-state index contributed by atoms with van der Waals surface area (Å²) < 4.78 is 22.4. The van der Waals surface area contributed by atoms with Crippen molar-refractivity contribution in [2.24, 2.45) is 5.14 Å². The molecule has 1 heterocycles. The first-order valence-corrected chi connectivity index (χ1v) is 8.80. The molecule has 0 atom stereocenters. The van der Waals surface area contributed by atoms with Crippen molar-refractivity contribution >= 4 is 32.2 Å². The lowest BCUT2D eigenvalue weighted by Crippen LogP contribution is -2.11. The molecule has 2 aromatic carbocycles. The van der Waals surface area contributed by atoms with Gasteiger partial charge in [-0.05, 0) is 29.8 Å². The summed E-state index contributed by atoms with van der Waals surface area (Å²) in [7, 11) is -3.67. The Morgan fingerprint density at radius 1 is 1.00 bits per heavy atom. The highest BCUT2D eigenvalue weighted by Gasteiger charge is 2.08. The summed E-state index contributed by atoms with van der Waals surface area (Å²) in [6, 6.07) is 16.2. The number of aromatic nitrogens is 1. The Kier molecular flexibility index (Phi) is 3.93. The molecule has 3 aromatic rings. The lowest BCUT2D eigenvalue weighted by molar-refractivity contribution is 0.598. The van der Waals surface area contributed by atoms with Crippen LogP contribution in [0, 0.1) is 0 Å². The zero-order valence-electron chi connectivity index (χ0n) is 11.4. The fourth-order valence-corrected chi connectivity index (χ4v) is 3.28. The number of nitrogens with zero attached hydrogens (tertiary/aromatic N) is 1. The maximum Gasteiger partial charge on any atom is 0.238 e. The van der Waals surface area contributed by atoms with Gasteiger partial charge in [-0.2, -0.15) is 0 Å². The number of hydrogen-bond acceptors (Lipinski definition) is 5. The van der Waals surface area contributed by atoms with E-state index in [1.807, 2.05) is 30.3 Å². The van der Waals surface area contributed by atoms with Gasteiger partial charge in [-0.3, -0.25) is 0 Å². The number of rotatable bonds is 4. The van der Waals surface area contributed by atoms with E-state index < -0.39 is 10.0 Å². The standard InChI is InChI=1S/C15H13N3O2S2/c16-22(19,20)13-8-6-12(7-9-13)18-15-17-10-14(21-15)11-4-2-1-3-5-11/h1-10H,(H,17,18)(H2,16,19,20). The third kappa shape index (κ3) is 3.33. The molecule has 5 nitrogen and oxygen atoms in total. The maximum atomic E-state index is 11.2. The number of primary sulfonamides is 1. The fourth-order valence-electron chi connectivity index (χ4n) is 1.92. The molecule has 0 saturated heterocycles. The minimum Gasteiger partial charge on any atom is -0.332 e. The van der Waals surface area contributed by atoms with Gasteiger partial charge >= 0.3 is 0 Å². The Bertz CT molecular complexity index is 873. The van der Waals surface area contributed by atoms with E-state index in [1.165, 1.54) is 23.5 Å². The first-order chi connectivity index (χ1) is 10.5. The second kappa shape index (κ2) is 5.88. The van der Waals surface area contributed by atoms with Crippen molar-refractivity contribution in [3.63, 3.8) is 0 Å². The molecule has 0 unspecified atom stereocenters. The fraction of sp³-hybridized carbons (Fsp3) is 0. The predicted molar refractivity (Wildman–Crippen MR) is 88.6 cm³/mol. The average Bonchev–Trinajstić information content (AvgIpc) is 2.96. The zero-order chi connectivity index (χ0) is 15.6. The van der Waals surface area contributed by atoms with Gasteiger partial charge < -0.3 is 5.32 Å². The molecule has 0 aliphatic rings. The third-order valence-corrected chi connectivity index (χ3v) is 4.89. The molecule has 0 radical (unpaired) electrons. The molecule has 7 heteroatoms. The van der Waals surface area contributed by atoms with E-state index in [9.17, 15) is 8.42 Å². The Morgan fingerprint density at radius 3 is 2.32 bits per heavy atom. The topological polar surface area (TPSA) is 85.1 Å². The number of benzene rings is 2. The monoisotopic (exact) mass is 331 g/mol. The lowest BCUT2D eigenvalue weighted by atomic mass is 10.2. The number of hydrogen-bond donors (Lipinski definition) is 2. The van der Waals surface area contributed by atoms with Gasteiger partial charge in [0.25, 0.3) is 0 Å². The SMILES string of the molecule is NS(=O)(=O)c1ccc(Nc2ncc(-c3ccccc3)s2)cc1. The van der Waals surface area contributed by atoms with Crippen molar-refractivity contribution in [2.45, 2.75) is 4.90 Å². The van der Waals surface area contributed by atoms with Crippen LogP contribution in [0.2, 0.25) is 0 Å². The van der Waals surface area contributed by atoms with Gasteiger partial charge in [0, 0.05) is 11.9 Å². The molecule has 0 fully saturated rings. The van der Waals surface area contributed by atoms with Gasteiger partial charge in [-0.15, -0.1) is 0 Å². The Morgan fingerprint density at radius 2 is 1.68 bits per heavy atom. The van der Waals surface area contributed by atoms with Crippen LogP contribution >= 0.6 is 11.3 Å². The van der Waals surface area contributed by atoms with Gasteiger partial charge in [-0.1, -0.05) is 41.7 Å². The van der Waals surface area contributed by atoms with E-state index in [4.69, 9.17) is 5.14 Å². The van der Waals surface area contributed by atoms with E-state index in [2.05, 4.69) is 10.3 Å². The molecule has 0 aliphatic carbocycles. The largest absolute Gasteiger partial charge is 0.332 e. The minimum absolute atomic E-state index is 0.0853.